The largest absolute Gasteiger partial charge is 0.508 e. The number of aromatic hydroxyl groups is 1. The number of hydrogen-bond acceptors (Lipinski definition) is 3. The second-order valence-electron chi connectivity index (χ2n) is 3.59. The molecule has 0 bridgehead atoms. The summed E-state index contributed by atoms with van der Waals surface area (Å²) in [5, 5.41) is 19.3. The molecule has 0 aromatic heterocycles. The first-order chi connectivity index (χ1) is 6.56. The molecule has 3 nitrogen and oxygen atoms in total. The van der Waals surface area contributed by atoms with Gasteiger partial charge in [-0.25, -0.2) is 0 Å². The van der Waals surface area contributed by atoms with Gasteiger partial charge in [-0.15, -0.1) is 0 Å². The molecule has 1 aromatic carbocycles. The van der Waals surface area contributed by atoms with Crippen LogP contribution in [-0.4, -0.2) is 16.8 Å². The summed E-state index contributed by atoms with van der Waals surface area (Å²) >= 11 is 0. The van der Waals surface area contributed by atoms with Crippen molar-refractivity contribution in [2.24, 2.45) is 5.73 Å². The lowest BCUT2D eigenvalue weighted by Crippen LogP contribution is -2.07. The highest BCUT2D eigenvalue weighted by Gasteiger charge is 2.12. The van der Waals surface area contributed by atoms with E-state index < -0.39 is 6.10 Å². The average Bonchev–Trinajstić information content (AvgIpc) is 2.11. The van der Waals surface area contributed by atoms with Gasteiger partial charge >= 0.3 is 0 Å². The standard InChI is InChI=1S/C11H17NO2/c1-7-5-9(10(13)3-4-12)11(14)6-8(7)2/h5-6,10,13-14H,3-4,12H2,1-2H3/t10-/m0/s1. The van der Waals surface area contributed by atoms with E-state index in [0.717, 1.165) is 11.1 Å². The van der Waals surface area contributed by atoms with Crippen LogP contribution in [-0.2, 0) is 0 Å². The van der Waals surface area contributed by atoms with E-state index in [1.807, 2.05) is 19.9 Å². The van der Waals surface area contributed by atoms with Gasteiger partial charge in [0, 0.05) is 5.56 Å². The number of phenolic OH excluding ortho intramolecular Hbond substituents is 1. The van der Waals surface area contributed by atoms with Crippen molar-refractivity contribution in [3.05, 3.63) is 28.8 Å². The van der Waals surface area contributed by atoms with Crippen molar-refractivity contribution in [3.8, 4) is 5.75 Å². The Balaban J connectivity index is 3.02. The Hall–Kier alpha value is -1.06. The molecule has 0 aliphatic rings. The average molecular weight is 195 g/mol. The van der Waals surface area contributed by atoms with Crippen LogP contribution >= 0.6 is 0 Å². The Morgan fingerprint density at radius 2 is 1.86 bits per heavy atom. The molecule has 3 heteroatoms. The summed E-state index contributed by atoms with van der Waals surface area (Å²) in [7, 11) is 0. The zero-order chi connectivity index (χ0) is 10.7. The second kappa shape index (κ2) is 4.44. The van der Waals surface area contributed by atoms with Gasteiger partial charge in [-0.05, 0) is 50.1 Å². The van der Waals surface area contributed by atoms with Crippen molar-refractivity contribution in [2.75, 3.05) is 6.54 Å². The minimum atomic E-state index is -0.667. The van der Waals surface area contributed by atoms with Gasteiger partial charge in [0.15, 0.2) is 0 Å². The molecular formula is C11H17NO2. The number of hydrogen-bond donors (Lipinski definition) is 3. The van der Waals surface area contributed by atoms with Gasteiger partial charge in [-0.1, -0.05) is 0 Å². The van der Waals surface area contributed by atoms with E-state index in [-0.39, 0.29) is 5.75 Å². The van der Waals surface area contributed by atoms with E-state index in [9.17, 15) is 10.2 Å². The highest BCUT2D eigenvalue weighted by molar-refractivity contribution is 5.41. The predicted octanol–water partition coefficient (Wildman–Crippen LogP) is 1.39. The van der Waals surface area contributed by atoms with E-state index in [1.54, 1.807) is 6.07 Å². The summed E-state index contributed by atoms with van der Waals surface area (Å²) < 4.78 is 0. The number of benzene rings is 1. The molecule has 0 fully saturated rings. The summed E-state index contributed by atoms with van der Waals surface area (Å²) in [6.07, 6.45) is -0.199. The van der Waals surface area contributed by atoms with E-state index in [1.165, 1.54) is 0 Å². The zero-order valence-electron chi connectivity index (χ0n) is 8.62. The first-order valence-electron chi connectivity index (χ1n) is 4.74. The Morgan fingerprint density at radius 1 is 1.29 bits per heavy atom. The first-order valence-corrected chi connectivity index (χ1v) is 4.74. The lowest BCUT2D eigenvalue weighted by molar-refractivity contribution is 0.166. The van der Waals surface area contributed by atoms with Crippen molar-refractivity contribution < 1.29 is 10.2 Å². The second-order valence-corrected chi connectivity index (χ2v) is 3.59. The monoisotopic (exact) mass is 195 g/mol. The van der Waals surface area contributed by atoms with Gasteiger partial charge in [0.1, 0.15) is 5.75 Å². The van der Waals surface area contributed by atoms with Crippen LogP contribution in [0.25, 0.3) is 0 Å². The van der Waals surface area contributed by atoms with Crippen molar-refractivity contribution in [3.63, 3.8) is 0 Å². The number of aliphatic hydroxyl groups excluding tert-OH is 1. The van der Waals surface area contributed by atoms with Gasteiger partial charge in [-0.2, -0.15) is 0 Å². The molecule has 0 saturated heterocycles. The number of aryl methyl sites for hydroxylation is 2. The van der Waals surface area contributed by atoms with Gasteiger partial charge < -0.3 is 15.9 Å². The third-order valence-corrected chi connectivity index (χ3v) is 2.44. The van der Waals surface area contributed by atoms with Crippen LogP contribution in [0.15, 0.2) is 12.1 Å². The Labute approximate surface area is 84.2 Å². The molecule has 0 aliphatic carbocycles. The fraction of sp³-hybridized carbons (Fsp3) is 0.455. The summed E-state index contributed by atoms with van der Waals surface area (Å²) in [4.78, 5) is 0. The minimum absolute atomic E-state index is 0.147. The molecule has 0 aliphatic heterocycles. The molecule has 0 saturated carbocycles. The fourth-order valence-electron chi connectivity index (χ4n) is 1.40. The SMILES string of the molecule is Cc1cc(O)c([C@@H](O)CCN)cc1C. The van der Waals surface area contributed by atoms with E-state index >= 15 is 0 Å². The Kier molecular flexibility index (Phi) is 3.49. The third-order valence-electron chi connectivity index (χ3n) is 2.44. The molecule has 14 heavy (non-hydrogen) atoms. The molecule has 1 atom stereocenters. The van der Waals surface area contributed by atoms with Crippen LogP contribution in [0.1, 0.15) is 29.2 Å². The summed E-state index contributed by atoms with van der Waals surface area (Å²) in [6, 6.07) is 3.48. The maximum atomic E-state index is 9.68. The minimum Gasteiger partial charge on any atom is -0.508 e. The van der Waals surface area contributed by atoms with Crippen LogP contribution < -0.4 is 5.73 Å². The van der Waals surface area contributed by atoms with Crippen molar-refractivity contribution in [1.29, 1.82) is 0 Å². The lowest BCUT2D eigenvalue weighted by Gasteiger charge is -2.13. The van der Waals surface area contributed by atoms with Crippen LogP contribution in [0.5, 0.6) is 5.75 Å². The number of nitrogens with two attached hydrogens (primary N) is 1. The highest BCUT2D eigenvalue weighted by atomic mass is 16.3. The maximum Gasteiger partial charge on any atom is 0.121 e. The van der Waals surface area contributed by atoms with Crippen LogP contribution in [0.4, 0.5) is 0 Å². The molecule has 0 unspecified atom stereocenters. The first kappa shape index (κ1) is 11.0. The Morgan fingerprint density at radius 3 is 2.43 bits per heavy atom. The number of aliphatic hydroxyl groups is 1. The normalized spacial score (nSPS) is 12.9. The summed E-state index contributed by atoms with van der Waals surface area (Å²) in [5.41, 5.74) is 7.99. The Bertz CT molecular complexity index is 323. The van der Waals surface area contributed by atoms with E-state index in [0.29, 0.717) is 18.5 Å². The molecular weight excluding hydrogens is 178 g/mol. The summed E-state index contributed by atoms with van der Waals surface area (Å²) in [5.74, 6) is 0.147. The summed E-state index contributed by atoms with van der Waals surface area (Å²) in [6.45, 7) is 4.29. The quantitative estimate of drug-likeness (QED) is 0.682. The zero-order valence-corrected chi connectivity index (χ0v) is 8.62. The van der Waals surface area contributed by atoms with E-state index in [2.05, 4.69) is 0 Å². The van der Waals surface area contributed by atoms with Crippen molar-refractivity contribution in [2.45, 2.75) is 26.4 Å². The number of rotatable bonds is 3. The van der Waals surface area contributed by atoms with E-state index in [4.69, 9.17) is 5.73 Å². The number of phenols is 1. The lowest BCUT2D eigenvalue weighted by atomic mass is 10.00. The predicted molar refractivity (Wildman–Crippen MR) is 56.2 cm³/mol. The molecule has 1 aromatic rings. The molecule has 4 N–H and O–H groups in total. The topological polar surface area (TPSA) is 66.5 Å². The molecule has 0 spiro atoms. The van der Waals surface area contributed by atoms with Gasteiger partial charge in [0.25, 0.3) is 0 Å². The molecule has 0 radical (unpaired) electrons. The highest BCUT2D eigenvalue weighted by Crippen LogP contribution is 2.28. The van der Waals surface area contributed by atoms with Gasteiger partial charge in [0.2, 0.25) is 0 Å². The smallest absolute Gasteiger partial charge is 0.121 e. The van der Waals surface area contributed by atoms with Crippen LogP contribution in [0.2, 0.25) is 0 Å². The third kappa shape index (κ3) is 2.25. The molecule has 0 heterocycles. The van der Waals surface area contributed by atoms with Crippen LogP contribution in [0, 0.1) is 13.8 Å². The molecule has 78 valence electrons. The maximum absolute atomic E-state index is 9.68. The van der Waals surface area contributed by atoms with Gasteiger partial charge in [-0.3, -0.25) is 0 Å². The molecule has 1 rings (SSSR count). The van der Waals surface area contributed by atoms with Crippen LogP contribution in [0.3, 0.4) is 0 Å². The molecule has 0 amide bonds. The van der Waals surface area contributed by atoms with Crippen molar-refractivity contribution in [1.82, 2.24) is 0 Å². The van der Waals surface area contributed by atoms with Gasteiger partial charge in [0.05, 0.1) is 6.10 Å². The van der Waals surface area contributed by atoms with Crippen molar-refractivity contribution >= 4 is 0 Å². The fourth-order valence-corrected chi connectivity index (χ4v) is 1.40.